The number of allylic oxidation sites excluding steroid dienone is 2. The molecule has 0 aliphatic rings. The predicted molar refractivity (Wildman–Crippen MR) is 198 cm³/mol. The molecule has 1 heterocycles. The van der Waals surface area contributed by atoms with E-state index in [2.05, 4.69) is 107 Å². The summed E-state index contributed by atoms with van der Waals surface area (Å²) in [6, 6.07) is 25.4. The number of aliphatic hydroxyl groups is 1. The van der Waals surface area contributed by atoms with Crippen molar-refractivity contribution < 1.29 is 30.0 Å². The van der Waals surface area contributed by atoms with Crippen LogP contribution in [0.15, 0.2) is 72.5 Å². The van der Waals surface area contributed by atoms with E-state index in [-0.39, 0.29) is 47.9 Å². The van der Waals surface area contributed by atoms with Gasteiger partial charge in [0.2, 0.25) is 0 Å². The molecule has 0 unspecified atom stereocenters. The summed E-state index contributed by atoms with van der Waals surface area (Å²) in [6.45, 7) is 26.1. The van der Waals surface area contributed by atoms with Crippen molar-refractivity contribution in [2.75, 3.05) is 0 Å². The Kier molecular flexibility index (Phi) is 13.4. The monoisotopic (exact) mass is 815 g/mol. The summed E-state index contributed by atoms with van der Waals surface area (Å²) in [4.78, 5) is 17.2. The molecule has 0 aliphatic heterocycles. The van der Waals surface area contributed by atoms with E-state index in [1.165, 1.54) is 27.6 Å². The molecular formula is C41H56IrNO2Si-. The topological polar surface area (TPSA) is 50.2 Å². The Morgan fingerprint density at radius 2 is 1.33 bits per heavy atom. The van der Waals surface area contributed by atoms with Gasteiger partial charge in [0.15, 0.2) is 5.78 Å². The molecule has 5 heteroatoms. The van der Waals surface area contributed by atoms with E-state index in [1.54, 1.807) is 0 Å². The van der Waals surface area contributed by atoms with Crippen LogP contribution >= 0.6 is 0 Å². The molecule has 0 saturated heterocycles. The van der Waals surface area contributed by atoms with Crippen LogP contribution in [0.4, 0.5) is 0 Å². The molecule has 1 radical (unpaired) electrons. The Morgan fingerprint density at radius 1 is 0.804 bits per heavy atom. The average molecular weight is 815 g/mol. The van der Waals surface area contributed by atoms with Crippen LogP contribution in [0, 0.1) is 16.9 Å². The minimum Gasteiger partial charge on any atom is -0.512 e. The summed E-state index contributed by atoms with van der Waals surface area (Å²) in [5, 5.41) is 15.3. The van der Waals surface area contributed by atoms with Gasteiger partial charge in [0, 0.05) is 42.7 Å². The second kappa shape index (κ2) is 15.5. The van der Waals surface area contributed by atoms with Crippen LogP contribution in [-0.4, -0.2) is 23.9 Å². The maximum Gasteiger partial charge on any atom is 0.164 e. The minimum absolute atomic E-state index is 0. The molecule has 1 aromatic heterocycles. The quantitative estimate of drug-likeness (QED) is 0.0792. The number of rotatable bonds is 9. The Balaban J connectivity index is 0.000000356. The number of benzene rings is 3. The van der Waals surface area contributed by atoms with Gasteiger partial charge in [-0.1, -0.05) is 141 Å². The van der Waals surface area contributed by atoms with Gasteiger partial charge >= 0.3 is 0 Å². The van der Waals surface area contributed by atoms with Crippen molar-refractivity contribution in [1.29, 1.82) is 0 Å². The van der Waals surface area contributed by atoms with Gasteiger partial charge in [0.05, 0.1) is 13.6 Å². The Hall–Kier alpha value is -2.59. The van der Waals surface area contributed by atoms with Crippen molar-refractivity contribution in [3.8, 4) is 11.3 Å². The number of nitrogens with zero attached hydrogens (tertiary/aromatic N) is 1. The maximum atomic E-state index is 12.2. The summed E-state index contributed by atoms with van der Waals surface area (Å²) < 4.78 is 0. The van der Waals surface area contributed by atoms with E-state index in [1.807, 2.05) is 41.5 Å². The predicted octanol–water partition coefficient (Wildman–Crippen LogP) is 11.3. The zero-order valence-electron chi connectivity index (χ0n) is 30.3. The molecule has 46 heavy (non-hydrogen) atoms. The normalized spacial score (nSPS) is 12.8. The molecular weight excluding hydrogens is 759 g/mol. The first-order valence-corrected chi connectivity index (χ1v) is 20.3. The van der Waals surface area contributed by atoms with E-state index in [0.29, 0.717) is 0 Å². The minimum atomic E-state index is -1.52. The number of pyridine rings is 1. The Morgan fingerprint density at radius 3 is 1.85 bits per heavy atom. The fourth-order valence-electron chi connectivity index (χ4n) is 5.61. The zero-order valence-corrected chi connectivity index (χ0v) is 33.7. The number of hydrogen-bond donors (Lipinski definition) is 1. The number of para-hydroxylation sites is 1. The first kappa shape index (κ1) is 39.6. The first-order valence-electron chi connectivity index (χ1n) is 16.8. The standard InChI is InChI=1S/C26H28NSi.C15H28O2.Ir/c1-26(2,3)22-16-19(15-18-11-7-8-12-20(18)22)24-17-25(28(4,5)6)21-13-9-10-14-23(21)27-24;1-7-14(5,8-2)12(16)11-13(17)15(6,9-3)10-4;/h7-14,16-17H,1-6H3;11,16H,7-10H2,1-6H3;/q-1;;/b;12-11-;. The summed E-state index contributed by atoms with van der Waals surface area (Å²) in [5.41, 5.74) is 4.01. The number of carbonyl (C=O) groups excluding carboxylic acids is 1. The maximum absolute atomic E-state index is 12.2. The second-order valence-corrected chi connectivity index (χ2v) is 20.2. The van der Waals surface area contributed by atoms with Crippen molar-refractivity contribution >= 4 is 40.7 Å². The third-order valence-corrected chi connectivity index (χ3v) is 12.0. The van der Waals surface area contributed by atoms with E-state index < -0.39 is 8.07 Å². The van der Waals surface area contributed by atoms with Crippen molar-refractivity contribution in [3.05, 3.63) is 84.1 Å². The summed E-state index contributed by atoms with van der Waals surface area (Å²) in [6.07, 6.45) is 4.75. The largest absolute Gasteiger partial charge is 0.512 e. The van der Waals surface area contributed by atoms with Gasteiger partial charge in [0.25, 0.3) is 0 Å². The first-order chi connectivity index (χ1) is 20.9. The molecule has 0 aliphatic carbocycles. The molecule has 0 spiro atoms. The van der Waals surface area contributed by atoms with Gasteiger partial charge in [-0.25, -0.2) is 0 Å². The number of ketones is 1. The molecule has 0 bridgehead atoms. The second-order valence-electron chi connectivity index (χ2n) is 15.1. The van der Waals surface area contributed by atoms with Gasteiger partial charge in [-0.05, 0) is 42.6 Å². The molecule has 0 fully saturated rings. The zero-order chi connectivity index (χ0) is 33.8. The molecule has 4 aromatic rings. The van der Waals surface area contributed by atoms with E-state index in [4.69, 9.17) is 4.98 Å². The fourth-order valence-corrected chi connectivity index (χ4v) is 7.20. The van der Waals surface area contributed by atoms with E-state index >= 15 is 0 Å². The number of hydrogen-bond acceptors (Lipinski definition) is 3. The van der Waals surface area contributed by atoms with Crippen LogP contribution in [0.5, 0.6) is 0 Å². The fraction of sp³-hybridized carbons (Fsp3) is 0.463. The number of fused-ring (bicyclic) bond motifs is 2. The smallest absolute Gasteiger partial charge is 0.164 e. The van der Waals surface area contributed by atoms with Crippen molar-refractivity contribution in [2.45, 2.75) is 113 Å². The molecule has 3 nitrogen and oxygen atoms in total. The van der Waals surface area contributed by atoms with Crippen LogP contribution < -0.4 is 5.19 Å². The Bertz CT molecular complexity index is 1570. The number of aromatic nitrogens is 1. The molecule has 0 atom stereocenters. The van der Waals surface area contributed by atoms with Crippen LogP contribution in [0.3, 0.4) is 0 Å². The van der Waals surface area contributed by atoms with Gasteiger partial charge in [-0.15, -0.1) is 29.1 Å². The van der Waals surface area contributed by atoms with Crippen molar-refractivity contribution in [3.63, 3.8) is 0 Å². The third-order valence-electron chi connectivity index (χ3n) is 9.99. The van der Waals surface area contributed by atoms with Crippen LogP contribution in [0.25, 0.3) is 32.9 Å². The van der Waals surface area contributed by atoms with Gasteiger partial charge in [-0.2, -0.15) is 0 Å². The molecule has 0 saturated carbocycles. The van der Waals surface area contributed by atoms with Gasteiger partial charge in [0.1, 0.15) is 5.76 Å². The van der Waals surface area contributed by atoms with Crippen molar-refractivity contribution in [2.24, 2.45) is 10.8 Å². The molecule has 1 N–H and O–H groups in total. The van der Waals surface area contributed by atoms with Crippen LogP contribution in [0.2, 0.25) is 19.6 Å². The van der Waals surface area contributed by atoms with Crippen LogP contribution in [-0.2, 0) is 30.3 Å². The third kappa shape index (κ3) is 8.85. The van der Waals surface area contributed by atoms with Crippen LogP contribution in [0.1, 0.15) is 93.6 Å². The summed E-state index contributed by atoms with van der Waals surface area (Å²) >= 11 is 0. The molecule has 4 rings (SSSR count). The van der Waals surface area contributed by atoms with E-state index in [0.717, 1.165) is 47.8 Å². The SMILES string of the molecule is CC(C)(C)c1cc(-c2cc([Si](C)(C)C)c3ccccc3n2)[c-]c2ccccc12.CCC(C)(CC)C(=O)/C=C(\O)C(C)(CC)CC.[Ir]. The molecule has 251 valence electrons. The summed E-state index contributed by atoms with van der Waals surface area (Å²) in [5.74, 6) is 0.286. The average Bonchev–Trinajstić information content (AvgIpc) is 3.02. The van der Waals surface area contributed by atoms with Crippen molar-refractivity contribution in [1.82, 2.24) is 4.98 Å². The van der Waals surface area contributed by atoms with Gasteiger partial charge < -0.3 is 5.11 Å². The Labute approximate surface area is 293 Å². The molecule has 3 aromatic carbocycles. The number of carbonyl (C=O) groups is 1. The summed E-state index contributed by atoms with van der Waals surface area (Å²) in [7, 11) is -1.52. The van der Waals surface area contributed by atoms with Gasteiger partial charge in [-0.3, -0.25) is 9.78 Å². The number of aliphatic hydroxyl groups excluding tert-OH is 1. The van der Waals surface area contributed by atoms with E-state index in [9.17, 15) is 9.90 Å². The molecule has 0 amide bonds.